The van der Waals surface area contributed by atoms with Gasteiger partial charge in [0.05, 0.1) is 0 Å². The van der Waals surface area contributed by atoms with E-state index in [1.165, 1.54) is 34.8 Å². The Morgan fingerprint density at radius 3 is 2.57 bits per heavy atom. The van der Waals surface area contributed by atoms with Crippen molar-refractivity contribution in [2.45, 2.75) is 37.6 Å². The summed E-state index contributed by atoms with van der Waals surface area (Å²) in [6, 6.07) is 9.01. The molecule has 2 heteroatoms. The Hall–Kier alpha value is -0.0900. The van der Waals surface area contributed by atoms with Crippen LogP contribution in [-0.4, -0.2) is 6.04 Å². The minimum absolute atomic E-state index is 0.375. The molecule has 2 unspecified atom stereocenters. The van der Waals surface area contributed by atoms with Gasteiger partial charge in [0, 0.05) is 15.5 Å². The van der Waals surface area contributed by atoms with Gasteiger partial charge in [0.25, 0.3) is 0 Å². The van der Waals surface area contributed by atoms with Crippen LogP contribution in [0.1, 0.15) is 37.2 Å². The topological polar surface area (TPSA) is 26.0 Å². The Labute approximate surface area is 99.2 Å². The number of nitrogens with two attached hydrogens (primary N) is 1. The Bertz CT molecular complexity index is 311. The summed E-state index contributed by atoms with van der Waals surface area (Å²) in [6.07, 6.45) is 5.10. The Kier molecular flexibility index (Phi) is 3.44. The van der Waals surface area contributed by atoms with Crippen molar-refractivity contribution in [3.05, 3.63) is 33.4 Å². The molecule has 2 atom stereocenters. The Balaban J connectivity index is 2.25. The van der Waals surface area contributed by atoms with E-state index in [9.17, 15) is 0 Å². The summed E-state index contributed by atoms with van der Waals surface area (Å²) in [7, 11) is 0. The second-order valence-corrected chi connectivity index (χ2v) is 5.24. The molecule has 1 aliphatic carbocycles. The number of rotatable bonds is 1. The SMILES string of the molecule is NC1CCCCC1c1ccccc1I. The van der Waals surface area contributed by atoms with Crippen molar-refractivity contribution < 1.29 is 0 Å². The number of hydrogen-bond acceptors (Lipinski definition) is 1. The molecule has 1 fully saturated rings. The number of benzene rings is 1. The first-order chi connectivity index (χ1) is 6.79. The van der Waals surface area contributed by atoms with Crippen molar-refractivity contribution in [1.82, 2.24) is 0 Å². The Morgan fingerprint density at radius 2 is 1.86 bits per heavy atom. The van der Waals surface area contributed by atoms with Crippen LogP contribution in [0, 0.1) is 3.57 Å². The van der Waals surface area contributed by atoms with Crippen molar-refractivity contribution in [1.29, 1.82) is 0 Å². The summed E-state index contributed by atoms with van der Waals surface area (Å²) in [6.45, 7) is 0. The molecule has 14 heavy (non-hydrogen) atoms. The monoisotopic (exact) mass is 301 g/mol. The van der Waals surface area contributed by atoms with Crippen LogP contribution in [0.25, 0.3) is 0 Å². The second kappa shape index (κ2) is 4.62. The van der Waals surface area contributed by atoms with Crippen molar-refractivity contribution in [3.8, 4) is 0 Å². The quantitative estimate of drug-likeness (QED) is 0.792. The third kappa shape index (κ3) is 2.11. The van der Waals surface area contributed by atoms with Crippen LogP contribution in [0.3, 0.4) is 0 Å². The summed E-state index contributed by atoms with van der Waals surface area (Å²) >= 11 is 2.42. The molecule has 1 aromatic rings. The Morgan fingerprint density at radius 1 is 1.14 bits per heavy atom. The zero-order valence-electron chi connectivity index (χ0n) is 8.25. The smallest absolute Gasteiger partial charge is 0.0165 e. The maximum atomic E-state index is 6.18. The lowest BCUT2D eigenvalue weighted by Crippen LogP contribution is -2.31. The maximum absolute atomic E-state index is 6.18. The molecule has 0 saturated heterocycles. The van der Waals surface area contributed by atoms with Crippen LogP contribution < -0.4 is 5.73 Å². The lowest BCUT2D eigenvalue weighted by atomic mass is 9.80. The van der Waals surface area contributed by atoms with E-state index in [2.05, 4.69) is 46.9 Å². The highest BCUT2D eigenvalue weighted by Crippen LogP contribution is 2.33. The molecular weight excluding hydrogens is 285 g/mol. The van der Waals surface area contributed by atoms with Crippen LogP contribution in [0.15, 0.2) is 24.3 Å². The van der Waals surface area contributed by atoms with Gasteiger partial charge >= 0.3 is 0 Å². The maximum Gasteiger partial charge on any atom is 0.0165 e. The molecule has 1 aliphatic rings. The summed E-state index contributed by atoms with van der Waals surface area (Å²) in [5, 5.41) is 0. The van der Waals surface area contributed by atoms with Crippen LogP contribution in [0.5, 0.6) is 0 Å². The van der Waals surface area contributed by atoms with E-state index in [0.717, 1.165) is 0 Å². The molecule has 0 spiro atoms. The molecule has 76 valence electrons. The largest absolute Gasteiger partial charge is 0.327 e. The fourth-order valence-electron chi connectivity index (χ4n) is 2.32. The van der Waals surface area contributed by atoms with Gasteiger partial charge in [-0.05, 0) is 47.1 Å². The lowest BCUT2D eigenvalue weighted by molar-refractivity contribution is 0.384. The van der Waals surface area contributed by atoms with Gasteiger partial charge in [0.2, 0.25) is 0 Å². The van der Waals surface area contributed by atoms with Gasteiger partial charge in [-0.1, -0.05) is 31.0 Å². The van der Waals surface area contributed by atoms with E-state index in [-0.39, 0.29) is 0 Å². The molecule has 0 radical (unpaired) electrons. The highest BCUT2D eigenvalue weighted by atomic mass is 127. The van der Waals surface area contributed by atoms with E-state index in [4.69, 9.17) is 5.73 Å². The minimum Gasteiger partial charge on any atom is -0.327 e. The third-order valence-corrected chi connectivity index (χ3v) is 4.11. The summed E-state index contributed by atoms with van der Waals surface area (Å²) in [5.41, 5.74) is 7.64. The third-order valence-electron chi connectivity index (χ3n) is 3.12. The number of hydrogen-bond donors (Lipinski definition) is 1. The minimum atomic E-state index is 0.375. The van der Waals surface area contributed by atoms with E-state index < -0.39 is 0 Å². The average molecular weight is 301 g/mol. The van der Waals surface area contributed by atoms with Crippen molar-refractivity contribution in [3.63, 3.8) is 0 Å². The van der Waals surface area contributed by atoms with Crippen LogP contribution in [-0.2, 0) is 0 Å². The first-order valence-corrected chi connectivity index (χ1v) is 6.37. The van der Waals surface area contributed by atoms with Gasteiger partial charge in [-0.3, -0.25) is 0 Å². The molecule has 2 rings (SSSR count). The molecule has 0 bridgehead atoms. The molecule has 2 N–H and O–H groups in total. The highest BCUT2D eigenvalue weighted by molar-refractivity contribution is 14.1. The fraction of sp³-hybridized carbons (Fsp3) is 0.500. The lowest BCUT2D eigenvalue weighted by Gasteiger charge is -2.29. The first-order valence-electron chi connectivity index (χ1n) is 5.29. The van der Waals surface area contributed by atoms with Crippen molar-refractivity contribution in [2.75, 3.05) is 0 Å². The molecular formula is C12H16IN. The van der Waals surface area contributed by atoms with E-state index in [1.54, 1.807) is 0 Å². The zero-order chi connectivity index (χ0) is 9.97. The van der Waals surface area contributed by atoms with Crippen molar-refractivity contribution >= 4 is 22.6 Å². The average Bonchev–Trinajstić information content (AvgIpc) is 2.20. The molecule has 0 aromatic heterocycles. The predicted octanol–water partition coefficient (Wildman–Crippen LogP) is 3.28. The van der Waals surface area contributed by atoms with Crippen molar-refractivity contribution in [2.24, 2.45) is 5.73 Å². The summed E-state index contributed by atoms with van der Waals surface area (Å²) in [4.78, 5) is 0. The standard InChI is InChI=1S/C12H16IN/c13-11-7-3-1-5-9(11)10-6-2-4-8-12(10)14/h1,3,5,7,10,12H,2,4,6,8,14H2. The molecule has 1 nitrogen and oxygen atoms in total. The molecule has 0 heterocycles. The molecule has 0 amide bonds. The van der Waals surface area contributed by atoms with Crippen LogP contribution in [0.4, 0.5) is 0 Å². The summed E-state index contributed by atoms with van der Waals surface area (Å²) < 4.78 is 1.37. The molecule has 1 aromatic carbocycles. The normalized spacial score (nSPS) is 27.6. The van der Waals surface area contributed by atoms with E-state index in [1.807, 2.05) is 0 Å². The molecule has 1 saturated carbocycles. The van der Waals surface area contributed by atoms with E-state index >= 15 is 0 Å². The van der Waals surface area contributed by atoms with Gasteiger partial charge < -0.3 is 5.73 Å². The van der Waals surface area contributed by atoms with Gasteiger partial charge in [0.1, 0.15) is 0 Å². The predicted molar refractivity (Wildman–Crippen MR) is 68.3 cm³/mol. The summed E-state index contributed by atoms with van der Waals surface area (Å²) in [5.74, 6) is 0.594. The van der Waals surface area contributed by atoms with Crippen LogP contribution in [0.2, 0.25) is 0 Å². The zero-order valence-corrected chi connectivity index (χ0v) is 10.4. The van der Waals surface area contributed by atoms with E-state index in [0.29, 0.717) is 12.0 Å². The van der Waals surface area contributed by atoms with Gasteiger partial charge in [-0.25, -0.2) is 0 Å². The fourth-order valence-corrected chi connectivity index (χ4v) is 3.11. The molecule has 0 aliphatic heterocycles. The first kappa shape index (κ1) is 10.4. The van der Waals surface area contributed by atoms with Crippen LogP contribution >= 0.6 is 22.6 Å². The van der Waals surface area contributed by atoms with Gasteiger partial charge in [-0.15, -0.1) is 0 Å². The second-order valence-electron chi connectivity index (χ2n) is 4.08. The number of halogens is 1. The highest BCUT2D eigenvalue weighted by Gasteiger charge is 2.24. The van der Waals surface area contributed by atoms with Gasteiger partial charge in [-0.2, -0.15) is 0 Å². The van der Waals surface area contributed by atoms with Gasteiger partial charge in [0.15, 0.2) is 0 Å².